The van der Waals surface area contributed by atoms with E-state index in [2.05, 4.69) is 52.5 Å². The monoisotopic (exact) mass is 1150 g/mol. The molecule has 448 valence electrons. The summed E-state index contributed by atoms with van der Waals surface area (Å²) in [5, 5.41) is 67.4. The van der Waals surface area contributed by atoms with Crippen molar-refractivity contribution in [3.8, 4) is 5.75 Å². The quantitative estimate of drug-likeness (QED) is 0.0165. The number of phenols is 1. The highest BCUT2D eigenvalue weighted by Gasteiger charge is 2.35. The summed E-state index contributed by atoms with van der Waals surface area (Å²) in [6.07, 6.45) is -0.125. The Kier molecular flexibility index (Phi) is 33.0. The Morgan fingerprint density at radius 2 is 0.963 bits per heavy atom. The molecule has 9 atom stereocenters. The second kappa shape index (κ2) is 37.7. The molecule has 33 heteroatoms. The average molecular weight is 1160 g/mol. The Morgan fingerprint density at radius 3 is 1.43 bits per heavy atom. The SMILES string of the molecule is CSCC[C@H](NC(=O)[C@@H](N)Cc1ccc(O)cc1)C(=O)N[C@@H](CCC(=O)O)C(=O)N[C@@H](CO)C(=O)N[C@@H](CCCN=C(N)N)C(=O)N[C@@H](C)C(=O)N[C@@H](CC(=O)O)C(=O)N[C@@H](CCCN=C(N)N)C(=O)N[C@@H](CCCCN)C(=O)O. The number of benzene rings is 1. The molecule has 8 amide bonds. The van der Waals surface area contributed by atoms with Gasteiger partial charge in [0.05, 0.1) is 19.1 Å². The predicted molar refractivity (Wildman–Crippen MR) is 290 cm³/mol. The number of nitrogens with two attached hydrogens (primary N) is 6. The topological polar surface area (TPSA) is 566 Å². The highest BCUT2D eigenvalue weighted by molar-refractivity contribution is 7.98. The lowest BCUT2D eigenvalue weighted by Gasteiger charge is -2.27. The fraction of sp³-hybridized carbons (Fsp3) is 0.596. The van der Waals surface area contributed by atoms with E-state index in [1.54, 1.807) is 18.4 Å². The normalized spacial score (nSPS) is 14.2. The van der Waals surface area contributed by atoms with Crippen molar-refractivity contribution in [2.75, 3.05) is 38.2 Å². The van der Waals surface area contributed by atoms with Crippen molar-refractivity contribution in [1.82, 2.24) is 42.5 Å². The van der Waals surface area contributed by atoms with Gasteiger partial charge in [-0.25, -0.2) is 4.79 Å². The molecule has 0 aromatic heterocycles. The number of amides is 8. The molecular formula is C47H78N16O16S. The Balaban J connectivity index is 3.36. The van der Waals surface area contributed by atoms with E-state index in [0.29, 0.717) is 24.2 Å². The number of nitrogens with zero attached hydrogens (tertiary/aromatic N) is 2. The number of aliphatic hydroxyl groups is 1. The van der Waals surface area contributed by atoms with Crippen LogP contribution in [-0.2, 0) is 59.2 Å². The molecule has 0 aliphatic carbocycles. The Morgan fingerprint density at radius 1 is 0.537 bits per heavy atom. The lowest BCUT2D eigenvalue weighted by atomic mass is 10.0. The number of rotatable bonds is 40. The molecule has 0 radical (unpaired) electrons. The molecule has 0 heterocycles. The number of carboxylic acids is 3. The van der Waals surface area contributed by atoms with Crippen LogP contribution >= 0.6 is 11.8 Å². The van der Waals surface area contributed by atoms with Gasteiger partial charge < -0.3 is 102 Å². The number of hydrogen-bond donors (Lipinski definition) is 19. The number of carboxylic acid groups (broad SMARTS) is 3. The van der Waals surface area contributed by atoms with Crippen molar-refractivity contribution in [3.05, 3.63) is 29.8 Å². The number of unbranched alkanes of at least 4 members (excludes halogenated alkanes) is 1. The third-order valence-corrected chi connectivity index (χ3v) is 12.2. The molecule has 0 saturated heterocycles. The van der Waals surface area contributed by atoms with E-state index in [-0.39, 0.29) is 82.2 Å². The number of guanidine groups is 2. The summed E-state index contributed by atoms with van der Waals surface area (Å²) in [7, 11) is 0. The third-order valence-electron chi connectivity index (χ3n) is 11.5. The molecule has 0 saturated carbocycles. The number of carbonyl (C=O) groups is 11. The molecule has 1 aromatic carbocycles. The minimum absolute atomic E-state index is 0.00524. The van der Waals surface area contributed by atoms with Crippen LogP contribution in [-0.4, -0.2) is 195 Å². The number of aliphatic hydroxyl groups excluding tert-OH is 1. The lowest BCUT2D eigenvalue weighted by Crippen LogP contribution is -2.60. The molecule has 1 aromatic rings. The van der Waals surface area contributed by atoms with Crippen LogP contribution in [0.15, 0.2) is 34.3 Å². The summed E-state index contributed by atoms with van der Waals surface area (Å²) in [4.78, 5) is 152. The number of phenolic OH excluding ortho intramolecular Hbond substituents is 1. The van der Waals surface area contributed by atoms with E-state index < -0.39 is 145 Å². The Labute approximate surface area is 464 Å². The zero-order valence-electron chi connectivity index (χ0n) is 44.5. The molecule has 0 aliphatic rings. The summed E-state index contributed by atoms with van der Waals surface area (Å²) in [5.74, 6) is -13.0. The van der Waals surface area contributed by atoms with Gasteiger partial charge in [0.2, 0.25) is 47.3 Å². The summed E-state index contributed by atoms with van der Waals surface area (Å²) in [5.41, 5.74) is 33.8. The molecular weight excluding hydrogens is 1080 g/mol. The van der Waals surface area contributed by atoms with Crippen LogP contribution in [0.1, 0.15) is 83.1 Å². The van der Waals surface area contributed by atoms with Crippen LogP contribution in [0, 0.1) is 0 Å². The molecule has 80 heavy (non-hydrogen) atoms. The predicted octanol–water partition coefficient (Wildman–Crippen LogP) is -6.43. The van der Waals surface area contributed by atoms with Crippen molar-refractivity contribution < 1.29 is 78.3 Å². The molecule has 0 bridgehead atoms. The molecule has 1 rings (SSSR count). The van der Waals surface area contributed by atoms with Crippen molar-refractivity contribution >= 4 is 88.8 Å². The highest BCUT2D eigenvalue weighted by Crippen LogP contribution is 2.13. The first kappa shape index (κ1) is 70.0. The maximum Gasteiger partial charge on any atom is 0.326 e. The van der Waals surface area contributed by atoms with Gasteiger partial charge in [-0.1, -0.05) is 12.1 Å². The summed E-state index contributed by atoms with van der Waals surface area (Å²) in [6.45, 7) is 0.148. The first-order chi connectivity index (χ1) is 37.7. The fourth-order valence-corrected chi connectivity index (χ4v) is 7.68. The second-order valence-corrected chi connectivity index (χ2v) is 19.1. The van der Waals surface area contributed by atoms with Gasteiger partial charge in [-0.3, -0.25) is 57.9 Å². The third kappa shape index (κ3) is 28.5. The lowest BCUT2D eigenvalue weighted by molar-refractivity contribution is -0.143. The van der Waals surface area contributed by atoms with Gasteiger partial charge >= 0.3 is 17.9 Å². The van der Waals surface area contributed by atoms with Gasteiger partial charge in [-0.05, 0) is 107 Å². The van der Waals surface area contributed by atoms with E-state index in [1.807, 2.05) is 0 Å². The first-order valence-corrected chi connectivity index (χ1v) is 26.7. The number of hydrogen-bond acceptors (Lipinski definition) is 18. The van der Waals surface area contributed by atoms with Crippen molar-refractivity contribution in [1.29, 1.82) is 0 Å². The molecule has 0 aliphatic heterocycles. The number of aromatic hydroxyl groups is 1. The van der Waals surface area contributed by atoms with Crippen molar-refractivity contribution in [2.45, 2.75) is 138 Å². The fourth-order valence-electron chi connectivity index (χ4n) is 7.21. The maximum absolute atomic E-state index is 13.8. The van der Waals surface area contributed by atoms with E-state index in [1.165, 1.54) is 23.9 Å². The van der Waals surface area contributed by atoms with Gasteiger partial charge in [0.25, 0.3) is 0 Å². The van der Waals surface area contributed by atoms with Crippen LogP contribution in [0.4, 0.5) is 0 Å². The standard InChI is InChI=1S/C47H78N16O16S/c1-24(37(70)62-33(22-36(68)69)43(76)58-29(9-6-19-55-47(52)53)40(73)61-32(45(78)79)7-3-4-17-48)56-39(72)28(8-5-18-54-46(50)51)59-44(77)34(23-64)63-41(74)30(14-15-35(66)67)60-42(75)31(16-20-80-2)57-38(71)27(49)21-25-10-12-26(65)13-11-25/h10-13,24,27-34,64-65H,3-9,14-23,48-49H2,1-2H3,(H,56,72)(H,57,71)(H,58,76)(H,59,77)(H,60,75)(H,61,73)(H,62,70)(H,63,74)(H,66,67)(H,68,69)(H,78,79)(H4,50,51,54)(H4,52,53,55)/t24-,27-,28-,29-,30-,31-,32-,33-,34-/m0/s1. The minimum atomic E-state index is -1.90. The molecule has 0 spiro atoms. The first-order valence-electron chi connectivity index (χ1n) is 25.3. The summed E-state index contributed by atoms with van der Waals surface area (Å²) < 4.78 is 0. The van der Waals surface area contributed by atoms with E-state index >= 15 is 0 Å². The number of nitrogens with one attached hydrogen (secondary N) is 8. The summed E-state index contributed by atoms with van der Waals surface area (Å²) in [6, 6.07) is -8.09. The van der Waals surface area contributed by atoms with Gasteiger partial charge in [0.1, 0.15) is 54.1 Å². The van der Waals surface area contributed by atoms with Crippen LogP contribution in [0.25, 0.3) is 0 Å². The molecule has 0 fully saturated rings. The van der Waals surface area contributed by atoms with E-state index in [4.69, 9.17) is 34.4 Å². The zero-order valence-corrected chi connectivity index (χ0v) is 45.3. The maximum atomic E-state index is 13.8. The van der Waals surface area contributed by atoms with Gasteiger partial charge in [-0.15, -0.1) is 0 Å². The van der Waals surface area contributed by atoms with Gasteiger partial charge in [0, 0.05) is 19.5 Å². The van der Waals surface area contributed by atoms with E-state index in [9.17, 15) is 78.3 Å². The zero-order chi connectivity index (χ0) is 60.5. The van der Waals surface area contributed by atoms with Crippen molar-refractivity contribution in [3.63, 3.8) is 0 Å². The Bertz CT molecular complexity index is 2310. The van der Waals surface area contributed by atoms with Crippen LogP contribution in [0.5, 0.6) is 5.75 Å². The molecule has 0 unspecified atom stereocenters. The molecule has 32 nitrogen and oxygen atoms in total. The number of aliphatic imine (C=N–C) groups is 2. The second-order valence-electron chi connectivity index (χ2n) is 18.2. The largest absolute Gasteiger partial charge is 0.508 e. The Hall–Kier alpha value is -8.04. The highest BCUT2D eigenvalue weighted by atomic mass is 32.2. The van der Waals surface area contributed by atoms with Crippen LogP contribution < -0.4 is 76.9 Å². The molecule has 25 N–H and O–H groups in total. The van der Waals surface area contributed by atoms with Crippen LogP contribution in [0.2, 0.25) is 0 Å². The minimum Gasteiger partial charge on any atom is -0.508 e. The van der Waals surface area contributed by atoms with Crippen LogP contribution in [0.3, 0.4) is 0 Å². The van der Waals surface area contributed by atoms with Gasteiger partial charge in [0.15, 0.2) is 11.9 Å². The van der Waals surface area contributed by atoms with Gasteiger partial charge in [-0.2, -0.15) is 11.8 Å². The van der Waals surface area contributed by atoms with E-state index in [0.717, 1.165) is 6.92 Å². The number of thioether (sulfide) groups is 1. The van der Waals surface area contributed by atoms with Crippen molar-refractivity contribution in [2.24, 2.45) is 44.4 Å². The smallest absolute Gasteiger partial charge is 0.326 e. The number of aliphatic carboxylic acids is 3. The average Bonchev–Trinajstić information content (AvgIpc) is 3.38. The summed E-state index contributed by atoms with van der Waals surface area (Å²) >= 11 is 1.32. The number of carbonyl (C=O) groups excluding carboxylic acids is 8.